The number of benzene rings is 1. The maximum Gasteiger partial charge on any atom is 0.233 e. The molecule has 1 aromatic carbocycles. The minimum absolute atomic E-state index is 0.361. The quantitative estimate of drug-likeness (QED) is 0.519. The summed E-state index contributed by atoms with van der Waals surface area (Å²) < 4.78 is 6.47. The van der Waals surface area contributed by atoms with Gasteiger partial charge in [0.2, 0.25) is 11.4 Å². The lowest BCUT2D eigenvalue weighted by Crippen LogP contribution is -2.34. The highest BCUT2D eigenvalue weighted by molar-refractivity contribution is 5.85. The fourth-order valence-corrected chi connectivity index (χ4v) is 3.40. The Morgan fingerprint density at radius 1 is 0.960 bits per heavy atom. The summed E-state index contributed by atoms with van der Waals surface area (Å²) in [6, 6.07) is 19.6. The van der Waals surface area contributed by atoms with E-state index in [2.05, 4.69) is 91.7 Å². The molecule has 0 atom stereocenters. The number of rotatable bonds is 3. The number of fused-ring (bicyclic) bond motifs is 1. The van der Waals surface area contributed by atoms with E-state index in [0.717, 1.165) is 11.4 Å². The minimum Gasteiger partial charge on any atom is -0.339 e. The van der Waals surface area contributed by atoms with E-state index < -0.39 is 0 Å². The van der Waals surface area contributed by atoms with E-state index >= 15 is 0 Å². The van der Waals surface area contributed by atoms with Crippen LogP contribution in [0.1, 0.15) is 19.9 Å². The summed E-state index contributed by atoms with van der Waals surface area (Å²) in [4.78, 5) is 0. The van der Waals surface area contributed by atoms with Crippen molar-refractivity contribution in [2.24, 2.45) is 14.1 Å². The number of pyridine rings is 1. The molecule has 25 heavy (non-hydrogen) atoms. The molecular weight excluding hydrogens is 308 g/mol. The summed E-state index contributed by atoms with van der Waals surface area (Å²) in [6.45, 7) is 4.28. The largest absolute Gasteiger partial charge is 0.339 e. The van der Waals surface area contributed by atoms with Gasteiger partial charge in [0.1, 0.15) is 12.7 Å². The zero-order valence-corrected chi connectivity index (χ0v) is 15.1. The first-order valence-electron chi connectivity index (χ1n) is 8.65. The standard InChI is InChI=1S/C21H23N4/c1-15(2)25-13-12-17(22-25)19-10-7-11-20(24(19)4)21-14-16-8-5-6-9-18(16)23(21)3/h5-15H,1-4H3/q+1. The van der Waals surface area contributed by atoms with E-state index in [1.54, 1.807) is 0 Å². The van der Waals surface area contributed by atoms with E-state index in [1.807, 2.05) is 10.9 Å². The first-order valence-corrected chi connectivity index (χ1v) is 8.65. The van der Waals surface area contributed by atoms with Gasteiger partial charge in [0.15, 0.2) is 5.69 Å². The van der Waals surface area contributed by atoms with Crippen molar-refractivity contribution < 1.29 is 4.57 Å². The van der Waals surface area contributed by atoms with Gasteiger partial charge in [-0.3, -0.25) is 4.68 Å². The van der Waals surface area contributed by atoms with Gasteiger partial charge in [-0.1, -0.05) is 18.2 Å². The number of hydrogen-bond donors (Lipinski definition) is 0. The van der Waals surface area contributed by atoms with Gasteiger partial charge in [0, 0.05) is 42.3 Å². The highest BCUT2D eigenvalue weighted by Gasteiger charge is 2.21. The molecule has 0 aliphatic heterocycles. The van der Waals surface area contributed by atoms with Crippen molar-refractivity contribution in [3.8, 4) is 22.8 Å². The van der Waals surface area contributed by atoms with Crippen molar-refractivity contribution in [1.29, 1.82) is 0 Å². The van der Waals surface area contributed by atoms with Crippen LogP contribution in [0.15, 0.2) is 60.8 Å². The fourth-order valence-electron chi connectivity index (χ4n) is 3.40. The van der Waals surface area contributed by atoms with Crippen molar-refractivity contribution in [1.82, 2.24) is 14.3 Å². The fraction of sp³-hybridized carbons (Fsp3) is 0.238. The average Bonchev–Trinajstić information content (AvgIpc) is 3.21. The minimum atomic E-state index is 0.361. The Balaban J connectivity index is 1.87. The molecule has 0 bridgehead atoms. The van der Waals surface area contributed by atoms with Crippen LogP contribution in [0.2, 0.25) is 0 Å². The average molecular weight is 331 g/mol. The number of hydrogen-bond acceptors (Lipinski definition) is 1. The van der Waals surface area contributed by atoms with Crippen molar-refractivity contribution in [2.45, 2.75) is 19.9 Å². The SMILES string of the molecule is CC(C)n1ccc(-c2cccc(-c3cc4ccccc4n3C)[n+]2C)n1. The molecule has 4 heteroatoms. The number of aromatic nitrogens is 4. The number of para-hydroxylation sites is 1. The monoisotopic (exact) mass is 331 g/mol. The zero-order valence-electron chi connectivity index (χ0n) is 15.1. The van der Waals surface area contributed by atoms with Gasteiger partial charge in [0.25, 0.3) is 0 Å². The molecule has 0 saturated heterocycles. The van der Waals surface area contributed by atoms with Gasteiger partial charge in [-0.15, -0.1) is 0 Å². The van der Waals surface area contributed by atoms with Crippen molar-refractivity contribution in [3.63, 3.8) is 0 Å². The summed E-state index contributed by atoms with van der Waals surface area (Å²) in [7, 11) is 4.23. The van der Waals surface area contributed by atoms with Crippen LogP contribution in [0.25, 0.3) is 33.7 Å². The number of nitrogens with zero attached hydrogens (tertiary/aromatic N) is 4. The lowest BCUT2D eigenvalue weighted by Gasteiger charge is -2.06. The Hall–Kier alpha value is -2.88. The zero-order chi connectivity index (χ0) is 17.6. The summed E-state index contributed by atoms with van der Waals surface area (Å²) in [5.41, 5.74) is 5.73. The lowest BCUT2D eigenvalue weighted by atomic mass is 10.2. The van der Waals surface area contributed by atoms with Crippen molar-refractivity contribution in [3.05, 3.63) is 60.8 Å². The summed E-state index contributed by atoms with van der Waals surface area (Å²) in [6.07, 6.45) is 2.05. The third kappa shape index (κ3) is 2.54. The Morgan fingerprint density at radius 3 is 2.44 bits per heavy atom. The van der Waals surface area contributed by atoms with Crippen LogP contribution in [0.4, 0.5) is 0 Å². The van der Waals surface area contributed by atoms with Crippen LogP contribution in [0.5, 0.6) is 0 Å². The summed E-state index contributed by atoms with van der Waals surface area (Å²) >= 11 is 0. The molecule has 0 fully saturated rings. The van der Waals surface area contributed by atoms with Crippen LogP contribution >= 0.6 is 0 Å². The molecule has 0 spiro atoms. The Labute approximate surface area is 148 Å². The van der Waals surface area contributed by atoms with Crippen LogP contribution in [0, 0.1) is 0 Å². The molecule has 4 rings (SSSR count). The number of aryl methyl sites for hydroxylation is 1. The second-order valence-electron chi connectivity index (χ2n) is 6.78. The molecule has 0 unspecified atom stereocenters. The van der Waals surface area contributed by atoms with Gasteiger partial charge >= 0.3 is 0 Å². The first-order chi connectivity index (χ1) is 12.1. The van der Waals surface area contributed by atoms with E-state index in [9.17, 15) is 0 Å². The van der Waals surface area contributed by atoms with Crippen LogP contribution in [-0.2, 0) is 14.1 Å². The van der Waals surface area contributed by atoms with E-state index in [1.165, 1.54) is 22.3 Å². The molecule has 4 nitrogen and oxygen atoms in total. The van der Waals surface area contributed by atoms with Crippen molar-refractivity contribution >= 4 is 10.9 Å². The third-order valence-electron chi connectivity index (χ3n) is 4.84. The molecular formula is C21H23N4+. The third-order valence-corrected chi connectivity index (χ3v) is 4.84. The molecule has 0 aliphatic rings. The van der Waals surface area contributed by atoms with Gasteiger partial charge in [-0.2, -0.15) is 9.67 Å². The first kappa shape index (κ1) is 15.6. The molecule has 0 N–H and O–H groups in total. The van der Waals surface area contributed by atoms with Crippen molar-refractivity contribution in [2.75, 3.05) is 0 Å². The molecule has 0 amide bonds. The maximum atomic E-state index is 4.73. The van der Waals surface area contributed by atoms with Crippen LogP contribution in [-0.4, -0.2) is 14.3 Å². The highest BCUT2D eigenvalue weighted by Crippen LogP contribution is 2.26. The topological polar surface area (TPSA) is 26.6 Å². The highest BCUT2D eigenvalue weighted by atomic mass is 15.3. The molecule has 0 saturated carbocycles. The predicted octanol–water partition coefficient (Wildman–Crippen LogP) is 4.11. The second kappa shape index (κ2) is 5.88. The maximum absolute atomic E-state index is 4.73. The van der Waals surface area contributed by atoms with Gasteiger partial charge in [0.05, 0.1) is 0 Å². The molecule has 126 valence electrons. The van der Waals surface area contributed by atoms with Crippen LogP contribution in [0.3, 0.4) is 0 Å². The smallest absolute Gasteiger partial charge is 0.233 e. The molecule has 0 radical (unpaired) electrons. The molecule has 3 heterocycles. The Bertz CT molecular complexity index is 1050. The summed E-state index contributed by atoms with van der Waals surface area (Å²) in [5, 5.41) is 5.99. The Kier molecular flexibility index (Phi) is 3.68. The predicted molar refractivity (Wildman–Crippen MR) is 101 cm³/mol. The molecule has 0 aliphatic carbocycles. The lowest BCUT2D eigenvalue weighted by molar-refractivity contribution is -0.649. The van der Waals surface area contributed by atoms with Crippen LogP contribution < -0.4 is 4.57 Å². The second-order valence-corrected chi connectivity index (χ2v) is 6.78. The molecule has 4 aromatic rings. The van der Waals surface area contributed by atoms with Gasteiger partial charge in [-0.25, -0.2) is 0 Å². The van der Waals surface area contributed by atoms with E-state index in [-0.39, 0.29) is 0 Å². The van der Waals surface area contributed by atoms with Gasteiger partial charge < -0.3 is 4.57 Å². The molecule has 3 aromatic heterocycles. The van der Waals surface area contributed by atoms with E-state index in [0.29, 0.717) is 6.04 Å². The Morgan fingerprint density at radius 2 is 1.72 bits per heavy atom. The summed E-state index contributed by atoms with van der Waals surface area (Å²) in [5.74, 6) is 0. The van der Waals surface area contributed by atoms with E-state index in [4.69, 9.17) is 5.10 Å². The van der Waals surface area contributed by atoms with Gasteiger partial charge in [-0.05, 0) is 38.1 Å². The normalized spacial score (nSPS) is 11.6.